The molecule has 0 saturated carbocycles. The molecular weight excluding hydrogens is 233 g/mol. The van der Waals surface area contributed by atoms with Crippen LogP contribution in [0.5, 0.6) is 0 Å². The Morgan fingerprint density at radius 2 is 1.80 bits per heavy atom. The molecule has 15 heavy (non-hydrogen) atoms. The normalized spacial score (nSPS) is 13.2. The van der Waals surface area contributed by atoms with Gasteiger partial charge in [0.25, 0.3) is 0 Å². The summed E-state index contributed by atoms with van der Waals surface area (Å²) in [6.07, 6.45) is 0. The second-order valence-electron chi connectivity index (χ2n) is 3.69. The first-order valence-corrected chi connectivity index (χ1v) is 5.62. The number of aliphatic hydroxyl groups excluding tert-OH is 1. The molecule has 0 fully saturated rings. The van der Waals surface area contributed by atoms with Crippen LogP contribution in [0.2, 0.25) is 10.0 Å². The van der Waals surface area contributed by atoms with Crippen LogP contribution in [-0.4, -0.2) is 17.8 Å². The van der Waals surface area contributed by atoms with E-state index in [1.807, 2.05) is 13.8 Å². The molecule has 1 atom stereocenters. The highest BCUT2D eigenvalue weighted by Gasteiger charge is 2.17. The maximum absolute atomic E-state index is 9.30. The average Bonchev–Trinajstić information content (AvgIpc) is 2.15. The summed E-state index contributed by atoms with van der Waals surface area (Å²) in [7, 11) is 0. The predicted molar refractivity (Wildman–Crippen MR) is 64.6 cm³/mol. The third kappa shape index (κ3) is 3.35. The van der Waals surface area contributed by atoms with Crippen LogP contribution in [-0.2, 0) is 0 Å². The molecule has 0 aliphatic carbocycles. The van der Waals surface area contributed by atoms with Gasteiger partial charge in [0.05, 0.1) is 12.6 Å². The molecule has 0 bridgehead atoms. The number of aliphatic hydroxyl groups is 1. The topological polar surface area (TPSA) is 32.3 Å². The fourth-order valence-electron chi connectivity index (χ4n) is 1.47. The molecule has 1 rings (SSSR count). The van der Waals surface area contributed by atoms with Gasteiger partial charge in [-0.15, -0.1) is 0 Å². The maximum atomic E-state index is 9.30. The van der Waals surface area contributed by atoms with Gasteiger partial charge in [0.2, 0.25) is 0 Å². The Hall–Kier alpha value is -0.280. The van der Waals surface area contributed by atoms with Crippen LogP contribution >= 0.6 is 23.2 Å². The Balaban J connectivity index is 3.00. The van der Waals surface area contributed by atoms with Crippen molar-refractivity contribution in [3.8, 4) is 0 Å². The first-order valence-electron chi connectivity index (χ1n) is 4.87. The number of halogens is 2. The van der Waals surface area contributed by atoms with Crippen molar-refractivity contribution in [1.29, 1.82) is 0 Å². The number of benzene rings is 1. The predicted octanol–water partition coefficient (Wildman–Crippen LogP) is 3.02. The molecule has 0 amide bonds. The van der Waals surface area contributed by atoms with E-state index in [1.165, 1.54) is 0 Å². The van der Waals surface area contributed by atoms with Crippen LogP contribution in [0.15, 0.2) is 18.2 Å². The third-order valence-electron chi connectivity index (χ3n) is 2.07. The molecule has 0 heterocycles. The summed E-state index contributed by atoms with van der Waals surface area (Å²) in [5, 5.41) is 13.7. The molecule has 1 aromatic carbocycles. The lowest BCUT2D eigenvalue weighted by atomic mass is 10.1. The number of hydrogen-bond acceptors (Lipinski definition) is 2. The maximum Gasteiger partial charge on any atom is 0.0627 e. The standard InChI is InChI=1S/C11H15Cl2NO/c1-7(2)14-10(6-15)11-8(12)4-3-5-9(11)13/h3-5,7,10,14-15H,6H2,1-2H3. The summed E-state index contributed by atoms with van der Waals surface area (Å²) in [5.41, 5.74) is 0.761. The average molecular weight is 248 g/mol. The summed E-state index contributed by atoms with van der Waals surface area (Å²) < 4.78 is 0. The number of nitrogens with one attached hydrogen (secondary N) is 1. The van der Waals surface area contributed by atoms with E-state index in [2.05, 4.69) is 5.32 Å². The zero-order valence-electron chi connectivity index (χ0n) is 8.80. The quantitative estimate of drug-likeness (QED) is 0.858. The minimum atomic E-state index is -0.216. The lowest BCUT2D eigenvalue weighted by Gasteiger charge is -2.21. The highest BCUT2D eigenvalue weighted by molar-refractivity contribution is 6.36. The molecule has 0 saturated heterocycles. The highest BCUT2D eigenvalue weighted by atomic mass is 35.5. The summed E-state index contributed by atoms with van der Waals surface area (Å²) in [5.74, 6) is 0. The number of rotatable bonds is 4. The fourth-order valence-corrected chi connectivity index (χ4v) is 2.13. The first kappa shape index (κ1) is 12.8. The van der Waals surface area contributed by atoms with Crippen molar-refractivity contribution >= 4 is 23.2 Å². The lowest BCUT2D eigenvalue weighted by molar-refractivity contribution is 0.237. The Morgan fingerprint density at radius 1 is 1.27 bits per heavy atom. The minimum Gasteiger partial charge on any atom is -0.394 e. The molecule has 84 valence electrons. The second-order valence-corrected chi connectivity index (χ2v) is 4.51. The van der Waals surface area contributed by atoms with E-state index in [0.717, 1.165) is 5.56 Å². The van der Waals surface area contributed by atoms with Crippen LogP contribution in [0.3, 0.4) is 0 Å². The summed E-state index contributed by atoms with van der Waals surface area (Å²) in [6.45, 7) is 3.99. The van der Waals surface area contributed by atoms with Crippen LogP contribution < -0.4 is 5.32 Å². The Morgan fingerprint density at radius 3 is 2.20 bits per heavy atom. The zero-order chi connectivity index (χ0) is 11.4. The van der Waals surface area contributed by atoms with E-state index in [1.54, 1.807) is 18.2 Å². The fraction of sp³-hybridized carbons (Fsp3) is 0.455. The van der Waals surface area contributed by atoms with Gasteiger partial charge in [-0.1, -0.05) is 43.1 Å². The van der Waals surface area contributed by atoms with Crippen molar-refractivity contribution in [2.75, 3.05) is 6.61 Å². The van der Waals surface area contributed by atoms with Crippen molar-refractivity contribution in [1.82, 2.24) is 5.32 Å². The summed E-state index contributed by atoms with van der Waals surface area (Å²) in [6, 6.07) is 5.37. The van der Waals surface area contributed by atoms with E-state index in [0.29, 0.717) is 10.0 Å². The van der Waals surface area contributed by atoms with E-state index in [-0.39, 0.29) is 18.7 Å². The molecule has 2 nitrogen and oxygen atoms in total. The van der Waals surface area contributed by atoms with E-state index in [9.17, 15) is 5.11 Å². The van der Waals surface area contributed by atoms with Gasteiger partial charge in [-0.2, -0.15) is 0 Å². The van der Waals surface area contributed by atoms with E-state index < -0.39 is 0 Å². The van der Waals surface area contributed by atoms with Crippen molar-refractivity contribution in [2.24, 2.45) is 0 Å². The smallest absolute Gasteiger partial charge is 0.0627 e. The lowest BCUT2D eigenvalue weighted by Crippen LogP contribution is -2.30. The van der Waals surface area contributed by atoms with E-state index >= 15 is 0 Å². The third-order valence-corrected chi connectivity index (χ3v) is 2.72. The molecule has 0 spiro atoms. The summed E-state index contributed by atoms with van der Waals surface area (Å²) in [4.78, 5) is 0. The van der Waals surface area contributed by atoms with Crippen molar-refractivity contribution in [3.05, 3.63) is 33.8 Å². The van der Waals surface area contributed by atoms with Crippen LogP contribution in [0.1, 0.15) is 25.5 Å². The van der Waals surface area contributed by atoms with Gasteiger partial charge in [-0.3, -0.25) is 0 Å². The van der Waals surface area contributed by atoms with Crippen LogP contribution in [0.25, 0.3) is 0 Å². The van der Waals surface area contributed by atoms with Gasteiger partial charge in [0.15, 0.2) is 0 Å². The van der Waals surface area contributed by atoms with Crippen LogP contribution in [0, 0.1) is 0 Å². The zero-order valence-corrected chi connectivity index (χ0v) is 10.3. The molecular formula is C11H15Cl2NO. The minimum absolute atomic E-state index is 0.0262. The number of hydrogen-bond donors (Lipinski definition) is 2. The molecule has 1 unspecified atom stereocenters. The molecule has 4 heteroatoms. The second kappa shape index (κ2) is 5.71. The van der Waals surface area contributed by atoms with Crippen LogP contribution in [0.4, 0.5) is 0 Å². The van der Waals surface area contributed by atoms with Gasteiger partial charge in [-0.05, 0) is 12.1 Å². The Bertz CT molecular complexity index is 308. The monoisotopic (exact) mass is 247 g/mol. The van der Waals surface area contributed by atoms with Gasteiger partial charge in [0, 0.05) is 21.7 Å². The Labute approximate surface area is 100 Å². The first-order chi connectivity index (χ1) is 7.06. The van der Waals surface area contributed by atoms with Crippen molar-refractivity contribution in [3.63, 3.8) is 0 Å². The van der Waals surface area contributed by atoms with E-state index in [4.69, 9.17) is 23.2 Å². The van der Waals surface area contributed by atoms with Crippen molar-refractivity contribution < 1.29 is 5.11 Å². The largest absolute Gasteiger partial charge is 0.394 e. The van der Waals surface area contributed by atoms with Gasteiger partial charge >= 0.3 is 0 Å². The van der Waals surface area contributed by atoms with Crippen molar-refractivity contribution in [2.45, 2.75) is 25.9 Å². The highest BCUT2D eigenvalue weighted by Crippen LogP contribution is 2.30. The molecule has 1 aromatic rings. The molecule has 0 radical (unpaired) electrons. The molecule has 2 N–H and O–H groups in total. The van der Waals surface area contributed by atoms with Gasteiger partial charge in [-0.25, -0.2) is 0 Å². The summed E-state index contributed by atoms with van der Waals surface area (Å²) >= 11 is 12.1. The Kier molecular flexibility index (Phi) is 4.87. The SMILES string of the molecule is CC(C)NC(CO)c1c(Cl)cccc1Cl. The molecule has 0 aromatic heterocycles. The van der Waals surface area contributed by atoms with Gasteiger partial charge < -0.3 is 10.4 Å². The molecule has 0 aliphatic heterocycles. The van der Waals surface area contributed by atoms with Gasteiger partial charge in [0.1, 0.15) is 0 Å². The molecule has 0 aliphatic rings.